The average molecular weight is 828 g/mol. The number of aliphatic hydroxyl groups excluding tert-OH is 2. The number of carbonyl (C=O) groups excluding carboxylic acids is 6. The van der Waals surface area contributed by atoms with Crippen LogP contribution in [0.5, 0.6) is 0 Å². The van der Waals surface area contributed by atoms with Crippen molar-refractivity contribution in [2.45, 2.75) is 148 Å². The third-order valence-electron chi connectivity index (χ3n) is 12.2. The molecule has 1 aromatic carbocycles. The average Bonchev–Trinajstić information content (AvgIpc) is 3.11. The summed E-state index contributed by atoms with van der Waals surface area (Å²) in [5.41, 5.74) is -7.91. The molecule has 0 radical (unpaired) electrons. The second-order valence-electron chi connectivity index (χ2n) is 18.0. The standard InChI is InChI=1S/C43H57NO15/c1-21(2)17-26(44-38(52)59-39(6,7)8)31(48)37(51)56-27-19-43(53)35(57-36(50)25-15-13-12-14-16-25)33-41(11,28(47)18-29-42(33,20-54-29)58-24(5)46)34(49)32(55-23(4)45)30(22(27)3)40(43,9)10/h12-17,26-29,31-33,35,47-48,53H,18-20H2,1-11H3,(H,44,52)/t26-,27-,28-,29+,31+,32+,33-,35-,41+,42?,43+/m0/s1. The van der Waals surface area contributed by atoms with Crippen molar-refractivity contribution in [1.29, 1.82) is 0 Å². The first kappa shape index (κ1) is 45.4. The minimum absolute atomic E-state index is 0.00683. The van der Waals surface area contributed by atoms with Gasteiger partial charge in [-0.25, -0.2) is 14.4 Å². The lowest BCUT2D eigenvalue weighted by Crippen LogP contribution is -2.82. The molecule has 2 saturated carbocycles. The number of hydrogen-bond acceptors (Lipinski definition) is 15. The number of alkyl carbamates (subject to hydrolysis) is 1. The van der Waals surface area contributed by atoms with E-state index in [1.807, 2.05) is 0 Å². The number of allylic oxidation sites excluding steroid dienone is 1. The summed E-state index contributed by atoms with van der Waals surface area (Å²) >= 11 is 0. The molecule has 1 saturated heterocycles. The topological polar surface area (TPSA) is 231 Å². The maximum atomic E-state index is 15.4. The van der Waals surface area contributed by atoms with Crippen LogP contribution >= 0.6 is 0 Å². The van der Waals surface area contributed by atoms with Crippen molar-refractivity contribution in [3.05, 3.63) is 58.7 Å². The minimum atomic E-state index is -2.38. The van der Waals surface area contributed by atoms with E-state index in [1.165, 1.54) is 32.1 Å². The Morgan fingerprint density at radius 1 is 0.966 bits per heavy atom. The largest absolute Gasteiger partial charge is 0.456 e. The van der Waals surface area contributed by atoms with Gasteiger partial charge in [0.05, 0.1) is 35.6 Å². The zero-order chi connectivity index (χ0) is 44.2. The van der Waals surface area contributed by atoms with Crippen molar-refractivity contribution in [3.8, 4) is 0 Å². The number of ketones is 1. The predicted molar refractivity (Wildman–Crippen MR) is 207 cm³/mol. The monoisotopic (exact) mass is 827 g/mol. The van der Waals surface area contributed by atoms with E-state index in [0.717, 1.165) is 13.8 Å². The van der Waals surface area contributed by atoms with Crippen LogP contribution in [0.2, 0.25) is 0 Å². The number of fused-ring (bicyclic) bond motifs is 5. The molecule has 0 aromatic heterocycles. The van der Waals surface area contributed by atoms with Gasteiger partial charge in [-0.1, -0.05) is 43.7 Å². The highest BCUT2D eigenvalue weighted by Gasteiger charge is 2.78. The summed E-state index contributed by atoms with van der Waals surface area (Å²) in [6.07, 6.45) is -9.98. The third kappa shape index (κ3) is 8.16. The van der Waals surface area contributed by atoms with Crippen molar-refractivity contribution in [3.63, 3.8) is 0 Å². The normalized spacial score (nSPS) is 33.2. The molecule has 1 aliphatic heterocycles. The number of carbonyl (C=O) groups is 6. The van der Waals surface area contributed by atoms with Crippen LogP contribution in [0.1, 0.15) is 99.4 Å². The number of rotatable bonds is 9. The highest BCUT2D eigenvalue weighted by molar-refractivity contribution is 5.95. The van der Waals surface area contributed by atoms with Gasteiger partial charge < -0.3 is 49.1 Å². The van der Waals surface area contributed by atoms with Gasteiger partial charge in [0, 0.05) is 32.1 Å². The minimum Gasteiger partial charge on any atom is -0.456 e. The van der Waals surface area contributed by atoms with E-state index in [1.54, 1.807) is 66.7 Å². The molecule has 4 N–H and O–H groups in total. The Morgan fingerprint density at radius 2 is 1.59 bits per heavy atom. The van der Waals surface area contributed by atoms with Gasteiger partial charge in [-0.3, -0.25) is 14.4 Å². The Balaban J connectivity index is 1.73. The molecule has 1 aromatic rings. The van der Waals surface area contributed by atoms with Gasteiger partial charge in [-0.05, 0) is 71.7 Å². The maximum absolute atomic E-state index is 15.4. The number of Topliss-reactive ketones (excluding diaryl/α,β-unsaturated/α-hetero) is 1. The molecule has 3 fully saturated rings. The van der Waals surface area contributed by atoms with E-state index in [9.17, 15) is 39.3 Å². The number of esters is 4. The SMILES string of the molecule is CC(=O)O[C@H]1C(=O)[C@@]2(C)[C@H]([C@H](OC(=O)c3ccccc3)[C@]3(O)C[C@H](OC(=O)[C@H](O)[C@H](C=C(C)C)NC(=O)OC(C)(C)C)C(C)=C1C3(C)C)C1(OC(C)=O)CO[C@@H]1C[C@@H]2O. The lowest BCUT2D eigenvalue weighted by Gasteiger charge is -2.67. The summed E-state index contributed by atoms with van der Waals surface area (Å²) in [6, 6.07) is 6.48. The molecule has 1 amide bonds. The lowest BCUT2D eigenvalue weighted by molar-refractivity contribution is -0.346. The van der Waals surface area contributed by atoms with Crippen LogP contribution in [0.4, 0.5) is 4.79 Å². The summed E-state index contributed by atoms with van der Waals surface area (Å²) in [6.45, 7) is 16.2. The van der Waals surface area contributed by atoms with Crippen LogP contribution in [-0.2, 0) is 47.6 Å². The fraction of sp³-hybridized carbons (Fsp3) is 0.628. The van der Waals surface area contributed by atoms with E-state index in [2.05, 4.69) is 5.32 Å². The summed E-state index contributed by atoms with van der Waals surface area (Å²) < 4.78 is 35.4. The number of benzene rings is 1. The third-order valence-corrected chi connectivity index (χ3v) is 12.2. The van der Waals surface area contributed by atoms with E-state index >= 15 is 4.79 Å². The number of amides is 1. The van der Waals surface area contributed by atoms with Gasteiger partial charge in [0.2, 0.25) is 0 Å². The van der Waals surface area contributed by atoms with E-state index in [-0.39, 0.29) is 29.7 Å². The molecule has 1 unspecified atom stereocenters. The van der Waals surface area contributed by atoms with Crippen LogP contribution in [-0.4, -0.2) is 117 Å². The zero-order valence-electron chi connectivity index (χ0n) is 35.4. The molecule has 11 atom stereocenters. The molecule has 2 bridgehead atoms. The molecule has 4 aliphatic rings. The smallest absolute Gasteiger partial charge is 0.408 e. The highest BCUT2D eigenvalue weighted by Crippen LogP contribution is 2.64. The Labute approximate surface area is 343 Å². The number of ether oxygens (including phenoxy) is 6. The molecule has 16 heteroatoms. The fourth-order valence-electron chi connectivity index (χ4n) is 9.39. The van der Waals surface area contributed by atoms with Crippen molar-refractivity contribution < 1.29 is 72.5 Å². The molecular weight excluding hydrogens is 770 g/mol. The van der Waals surface area contributed by atoms with E-state index < -0.39 is 118 Å². The van der Waals surface area contributed by atoms with Gasteiger partial charge in [-0.2, -0.15) is 0 Å². The summed E-state index contributed by atoms with van der Waals surface area (Å²) in [5.74, 6) is -6.27. The van der Waals surface area contributed by atoms with Crippen LogP contribution in [0, 0.1) is 16.7 Å². The van der Waals surface area contributed by atoms with Gasteiger partial charge in [-0.15, -0.1) is 0 Å². The highest BCUT2D eigenvalue weighted by atomic mass is 16.6. The predicted octanol–water partition coefficient (Wildman–Crippen LogP) is 3.42. The molecule has 1 heterocycles. The van der Waals surface area contributed by atoms with Gasteiger partial charge in [0.25, 0.3) is 0 Å². The quantitative estimate of drug-likeness (QED) is 0.159. The first-order valence-corrected chi connectivity index (χ1v) is 19.6. The zero-order valence-corrected chi connectivity index (χ0v) is 35.4. The Kier molecular flexibility index (Phi) is 12.4. The van der Waals surface area contributed by atoms with Gasteiger partial charge >= 0.3 is 30.0 Å². The fourth-order valence-corrected chi connectivity index (χ4v) is 9.39. The molecule has 59 heavy (non-hydrogen) atoms. The Morgan fingerprint density at radius 3 is 2.12 bits per heavy atom. The van der Waals surface area contributed by atoms with Crippen molar-refractivity contribution >= 4 is 35.8 Å². The second-order valence-corrected chi connectivity index (χ2v) is 18.0. The maximum Gasteiger partial charge on any atom is 0.408 e. The lowest BCUT2D eigenvalue weighted by atomic mass is 9.44. The molecule has 324 valence electrons. The molecular formula is C43H57NO15. The van der Waals surface area contributed by atoms with Crippen molar-refractivity contribution in [2.24, 2.45) is 16.7 Å². The summed E-state index contributed by atoms with van der Waals surface area (Å²) in [7, 11) is 0. The Bertz CT molecular complexity index is 1930. The van der Waals surface area contributed by atoms with Crippen LogP contribution in [0.15, 0.2) is 53.1 Å². The van der Waals surface area contributed by atoms with Crippen molar-refractivity contribution in [2.75, 3.05) is 6.61 Å². The summed E-state index contributed by atoms with van der Waals surface area (Å²) in [4.78, 5) is 82.2. The molecule has 0 spiro atoms. The van der Waals surface area contributed by atoms with Crippen LogP contribution < -0.4 is 5.32 Å². The van der Waals surface area contributed by atoms with Crippen LogP contribution in [0.3, 0.4) is 0 Å². The second kappa shape index (κ2) is 16.1. The molecule has 16 nitrogen and oxygen atoms in total. The van der Waals surface area contributed by atoms with Crippen LogP contribution in [0.25, 0.3) is 0 Å². The Hall–Kier alpha value is -4.64. The first-order valence-electron chi connectivity index (χ1n) is 19.6. The number of hydrogen-bond donors (Lipinski definition) is 4. The van der Waals surface area contributed by atoms with Gasteiger partial charge in [0.1, 0.15) is 29.5 Å². The van der Waals surface area contributed by atoms with Crippen molar-refractivity contribution in [1.82, 2.24) is 5.32 Å². The number of aliphatic hydroxyl groups is 3. The molecule has 3 aliphatic carbocycles. The number of nitrogens with one attached hydrogen (secondary N) is 1. The van der Waals surface area contributed by atoms with E-state index in [0.29, 0.717) is 5.57 Å². The van der Waals surface area contributed by atoms with E-state index in [4.69, 9.17) is 28.4 Å². The van der Waals surface area contributed by atoms with Gasteiger partial charge in [0.15, 0.2) is 23.6 Å². The summed E-state index contributed by atoms with van der Waals surface area (Å²) in [5, 5.41) is 39.5. The first-order chi connectivity index (χ1) is 27.2. The molecule has 5 rings (SSSR count).